The maximum absolute atomic E-state index is 10.3. The van der Waals surface area contributed by atoms with Gasteiger partial charge in [0.15, 0.2) is 6.23 Å². The van der Waals surface area contributed by atoms with Crippen LogP contribution in [0, 0.1) is 0 Å². The maximum atomic E-state index is 10.3. The summed E-state index contributed by atoms with van der Waals surface area (Å²) in [4.78, 5) is 5.64. The number of aliphatic hydroxyl groups excluding tert-OH is 1. The van der Waals surface area contributed by atoms with Crippen LogP contribution in [-0.4, -0.2) is 53.5 Å². The lowest BCUT2D eigenvalue weighted by Crippen LogP contribution is -2.54. The molecule has 1 saturated heterocycles. The van der Waals surface area contributed by atoms with Crippen molar-refractivity contribution in [1.29, 1.82) is 0 Å². The second-order valence-corrected chi connectivity index (χ2v) is 6.38. The van der Waals surface area contributed by atoms with Crippen molar-refractivity contribution in [2.24, 2.45) is 0 Å². The quantitative estimate of drug-likeness (QED) is 0.689. The summed E-state index contributed by atoms with van der Waals surface area (Å²) in [7, 11) is 0. The number of H-pyrrole nitrogens is 1. The minimum atomic E-state index is -0.566. The van der Waals surface area contributed by atoms with Crippen LogP contribution in [0.4, 0.5) is 0 Å². The van der Waals surface area contributed by atoms with Crippen molar-refractivity contribution in [3.63, 3.8) is 0 Å². The summed E-state index contributed by atoms with van der Waals surface area (Å²) < 4.78 is 6.32. The molecule has 2 heterocycles. The molecule has 0 aliphatic carbocycles. The molecule has 126 valence electrons. The Labute approximate surface area is 141 Å². The van der Waals surface area contributed by atoms with E-state index in [1.807, 2.05) is 24.3 Å². The number of piperazine rings is 1. The first-order valence-corrected chi connectivity index (χ1v) is 8.53. The SMILES string of the molecule is CC(O)C(Oc1cccc2[nH]c3ccccc3c12)N1CCNCC1. The summed E-state index contributed by atoms with van der Waals surface area (Å²) >= 11 is 0. The average Bonchev–Trinajstić information content (AvgIpc) is 2.99. The minimum absolute atomic E-state index is 0.341. The first-order valence-electron chi connectivity index (χ1n) is 8.53. The van der Waals surface area contributed by atoms with Crippen LogP contribution in [0.3, 0.4) is 0 Å². The normalized spacial score (nSPS) is 18.8. The van der Waals surface area contributed by atoms with Gasteiger partial charge in [-0.25, -0.2) is 0 Å². The maximum Gasteiger partial charge on any atom is 0.178 e. The summed E-state index contributed by atoms with van der Waals surface area (Å²) in [6, 6.07) is 14.3. The van der Waals surface area contributed by atoms with Crippen molar-refractivity contribution in [2.45, 2.75) is 19.3 Å². The fourth-order valence-corrected chi connectivity index (χ4v) is 3.51. The second kappa shape index (κ2) is 6.43. The Bertz CT molecular complexity index is 837. The van der Waals surface area contributed by atoms with Gasteiger partial charge >= 0.3 is 0 Å². The average molecular weight is 325 g/mol. The van der Waals surface area contributed by atoms with Gasteiger partial charge in [-0.3, -0.25) is 4.90 Å². The van der Waals surface area contributed by atoms with Crippen LogP contribution in [0.1, 0.15) is 6.92 Å². The third kappa shape index (κ3) is 2.75. The number of rotatable bonds is 4. The van der Waals surface area contributed by atoms with E-state index in [4.69, 9.17) is 4.74 Å². The number of nitrogens with zero attached hydrogens (tertiary/aromatic N) is 1. The summed E-state index contributed by atoms with van der Waals surface area (Å²) in [5, 5.41) is 15.8. The monoisotopic (exact) mass is 325 g/mol. The Hall–Kier alpha value is -2.08. The lowest BCUT2D eigenvalue weighted by molar-refractivity contribution is -0.0616. The van der Waals surface area contributed by atoms with E-state index in [-0.39, 0.29) is 6.23 Å². The predicted octanol–water partition coefficient (Wildman–Crippen LogP) is 2.31. The van der Waals surface area contributed by atoms with Crippen LogP contribution >= 0.6 is 0 Å². The fourth-order valence-electron chi connectivity index (χ4n) is 3.51. The van der Waals surface area contributed by atoms with Gasteiger partial charge in [0.2, 0.25) is 0 Å². The molecule has 3 aromatic rings. The zero-order valence-corrected chi connectivity index (χ0v) is 13.8. The number of aromatic amines is 1. The highest BCUT2D eigenvalue weighted by Gasteiger charge is 2.27. The number of para-hydroxylation sites is 1. The van der Waals surface area contributed by atoms with E-state index in [1.165, 1.54) is 0 Å². The Morgan fingerprint density at radius 3 is 2.58 bits per heavy atom. The Morgan fingerprint density at radius 2 is 1.79 bits per heavy atom. The van der Waals surface area contributed by atoms with Crippen LogP contribution in [0.15, 0.2) is 42.5 Å². The highest BCUT2D eigenvalue weighted by Crippen LogP contribution is 2.34. The van der Waals surface area contributed by atoms with E-state index in [0.29, 0.717) is 0 Å². The van der Waals surface area contributed by atoms with Gasteiger partial charge in [0.05, 0.1) is 5.52 Å². The van der Waals surface area contributed by atoms with Crippen LogP contribution in [-0.2, 0) is 0 Å². The number of hydrogen-bond donors (Lipinski definition) is 3. The molecule has 0 spiro atoms. The van der Waals surface area contributed by atoms with Crippen molar-refractivity contribution in [2.75, 3.05) is 26.2 Å². The van der Waals surface area contributed by atoms with E-state index in [9.17, 15) is 5.11 Å². The highest BCUT2D eigenvalue weighted by molar-refractivity contribution is 6.10. The molecular weight excluding hydrogens is 302 g/mol. The first-order chi connectivity index (χ1) is 11.7. The molecule has 5 heteroatoms. The molecule has 4 rings (SSSR count). The molecule has 2 unspecified atom stereocenters. The molecule has 1 aliphatic heterocycles. The zero-order valence-electron chi connectivity index (χ0n) is 13.8. The molecule has 0 saturated carbocycles. The summed E-state index contributed by atoms with van der Waals surface area (Å²) in [5.74, 6) is 0.814. The van der Waals surface area contributed by atoms with Gasteiger partial charge in [-0.05, 0) is 25.1 Å². The second-order valence-electron chi connectivity index (χ2n) is 6.38. The summed E-state index contributed by atoms with van der Waals surface area (Å²) in [6.45, 7) is 5.38. The Balaban J connectivity index is 1.74. The number of hydrogen-bond acceptors (Lipinski definition) is 4. The van der Waals surface area contributed by atoms with Crippen LogP contribution in [0.2, 0.25) is 0 Å². The Kier molecular flexibility index (Phi) is 4.14. The van der Waals surface area contributed by atoms with E-state index in [1.54, 1.807) is 6.92 Å². The molecule has 24 heavy (non-hydrogen) atoms. The molecule has 0 radical (unpaired) electrons. The predicted molar refractivity (Wildman–Crippen MR) is 96.3 cm³/mol. The largest absolute Gasteiger partial charge is 0.472 e. The smallest absolute Gasteiger partial charge is 0.178 e. The lowest BCUT2D eigenvalue weighted by Gasteiger charge is -2.36. The van der Waals surface area contributed by atoms with Gasteiger partial charge < -0.3 is 20.1 Å². The lowest BCUT2D eigenvalue weighted by atomic mass is 10.1. The van der Waals surface area contributed by atoms with Crippen molar-refractivity contribution in [3.8, 4) is 5.75 Å². The number of fused-ring (bicyclic) bond motifs is 3. The molecule has 2 aromatic carbocycles. The van der Waals surface area contributed by atoms with Gasteiger partial charge in [-0.1, -0.05) is 24.3 Å². The van der Waals surface area contributed by atoms with Gasteiger partial charge in [-0.2, -0.15) is 0 Å². The number of nitrogens with one attached hydrogen (secondary N) is 2. The van der Waals surface area contributed by atoms with Crippen molar-refractivity contribution in [1.82, 2.24) is 15.2 Å². The third-order valence-electron chi connectivity index (χ3n) is 4.66. The van der Waals surface area contributed by atoms with Gasteiger partial charge in [0.25, 0.3) is 0 Å². The Morgan fingerprint density at radius 1 is 1.04 bits per heavy atom. The number of benzene rings is 2. The zero-order chi connectivity index (χ0) is 16.5. The highest BCUT2D eigenvalue weighted by atomic mass is 16.5. The molecule has 3 N–H and O–H groups in total. The van der Waals surface area contributed by atoms with Crippen molar-refractivity contribution < 1.29 is 9.84 Å². The molecule has 2 atom stereocenters. The van der Waals surface area contributed by atoms with E-state index in [0.717, 1.165) is 53.7 Å². The first kappa shape index (κ1) is 15.4. The van der Waals surface area contributed by atoms with Gasteiger partial charge in [-0.15, -0.1) is 0 Å². The van der Waals surface area contributed by atoms with E-state index < -0.39 is 6.10 Å². The van der Waals surface area contributed by atoms with E-state index >= 15 is 0 Å². The van der Waals surface area contributed by atoms with Gasteiger partial charge in [0, 0.05) is 42.5 Å². The third-order valence-corrected chi connectivity index (χ3v) is 4.66. The van der Waals surface area contributed by atoms with Crippen LogP contribution in [0.5, 0.6) is 5.75 Å². The fraction of sp³-hybridized carbons (Fsp3) is 0.368. The minimum Gasteiger partial charge on any atom is -0.472 e. The molecule has 5 nitrogen and oxygen atoms in total. The molecule has 0 bridgehead atoms. The van der Waals surface area contributed by atoms with Crippen LogP contribution in [0.25, 0.3) is 21.8 Å². The standard InChI is InChI=1S/C19H23N3O2/c1-13(23)19(22-11-9-20-10-12-22)24-17-8-4-7-16-18(17)14-5-2-3-6-15(14)21-16/h2-8,13,19-21,23H,9-12H2,1H3. The summed E-state index contributed by atoms with van der Waals surface area (Å²) in [6.07, 6.45) is -0.907. The topological polar surface area (TPSA) is 60.5 Å². The van der Waals surface area contributed by atoms with Crippen molar-refractivity contribution >= 4 is 21.8 Å². The molecule has 0 amide bonds. The van der Waals surface area contributed by atoms with Crippen molar-refractivity contribution in [3.05, 3.63) is 42.5 Å². The molecule has 1 aromatic heterocycles. The van der Waals surface area contributed by atoms with Crippen LogP contribution < -0.4 is 10.1 Å². The molecule has 1 aliphatic rings. The van der Waals surface area contributed by atoms with E-state index in [2.05, 4.69) is 33.4 Å². The number of ether oxygens (including phenoxy) is 1. The van der Waals surface area contributed by atoms with Gasteiger partial charge in [0.1, 0.15) is 11.9 Å². The summed E-state index contributed by atoms with van der Waals surface area (Å²) in [5.41, 5.74) is 2.15. The number of aliphatic hydroxyl groups is 1. The molecule has 1 fully saturated rings. The number of aromatic nitrogens is 1. The molecular formula is C19H23N3O2.